The number of aromatic amines is 1. The lowest BCUT2D eigenvalue weighted by Crippen LogP contribution is -2.19. The minimum atomic E-state index is -0.316. The third-order valence-corrected chi connectivity index (χ3v) is 3.64. The van der Waals surface area contributed by atoms with Crippen LogP contribution in [0.25, 0.3) is 10.8 Å². The molecule has 3 aromatic rings. The van der Waals surface area contributed by atoms with Crippen LogP contribution >= 0.6 is 0 Å². The highest BCUT2D eigenvalue weighted by Gasteiger charge is 2.11. The lowest BCUT2D eigenvalue weighted by Gasteiger charge is -2.10. The van der Waals surface area contributed by atoms with Gasteiger partial charge in [0.05, 0.1) is 0 Å². The van der Waals surface area contributed by atoms with Gasteiger partial charge in [0, 0.05) is 11.1 Å². The van der Waals surface area contributed by atoms with Crippen LogP contribution in [0.4, 0.5) is 5.69 Å². The summed E-state index contributed by atoms with van der Waals surface area (Å²) in [5, 5.41) is 4.19. The average Bonchev–Trinajstić information content (AvgIpc) is 2.55. The van der Waals surface area contributed by atoms with Crippen molar-refractivity contribution in [2.24, 2.45) is 0 Å². The van der Waals surface area contributed by atoms with Gasteiger partial charge in [-0.05, 0) is 35.6 Å². The van der Waals surface area contributed by atoms with Crippen molar-refractivity contribution in [1.82, 2.24) is 4.98 Å². The highest BCUT2D eigenvalue weighted by Crippen LogP contribution is 2.17. The molecule has 0 aliphatic heterocycles. The summed E-state index contributed by atoms with van der Waals surface area (Å²) >= 11 is 0. The van der Waals surface area contributed by atoms with E-state index in [1.54, 1.807) is 18.2 Å². The van der Waals surface area contributed by atoms with E-state index in [1.807, 2.05) is 43.3 Å². The Morgan fingerprint density at radius 1 is 1.09 bits per heavy atom. The van der Waals surface area contributed by atoms with Crippen molar-refractivity contribution in [1.29, 1.82) is 0 Å². The third kappa shape index (κ3) is 2.63. The minimum absolute atomic E-state index is 0.257. The predicted molar refractivity (Wildman–Crippen MR) is 88.3 cm³/mol. The molecule has 2 aromatic carbocycles. The molecular formula is C18H16N2O2. The molecule has 4 nitrogen and oxygen atoms in total. The van der Waals surface area contributed by atoms with Gasteiger partial charge in [-0.2, -0.15) is 0 Å². The second-order valence-electron chi connectivity index (χ2n) is 5.06. The number of hydrogen-bond acceptors (Lipinski definition) is 2. The number of amides is 1. The number of hydrogen-bond donors (Lipinski definition) is 2. The first-order valence-electron chi connectivity index (χ1n) is 7.20. The summed E-state index contributed by atoms with van der Waals surface area (Å²) in [6.45, 7) is 2.03. The van der Waals surface area contributed by atoms with Gasteiger partial charge in [-0.15, -0.1) is 0 Å². The number of carbonyl (C=O) groups is 1. The fraction of sp³-hybridized carbons (Fsp3) is 0.111. The first-order valence-corrected chi connectivity index (χ1v) is 7.20. The van der Waals surface area contributed by atoms with Gasteiger partial charge in [0.1, 0.15) is 5.69 Å². The summed E-state index contributed by atoms with van der Waals surface area (Å²) in [7, 11) is 0. The first-order chi connectivity index (χ1) is 10.7. The summed E-state index contributed by atoms with van der Waals surface area (Å²) in [6, 6.07) is 16.5. The first kappa shape index (κ1) is 14.1. The molecule has 1 amide bonds. The van der Waals surface area contributed by atoms with Gasteiger partial charge in [0.15, 0.2) is 0 Å². The number of para-hydroxylation sites is 1. The Hall–Kier alpha value is -2.88. The number of carbonyl (C=O) groups excluding carboxylic acids is 1. The van der Waals surface area contributed by atoms with E-state index in [4.69, 9.17) is 0 Å². The van der Waals surface area contributed by atoms with Crippen LogP contribution in [0, 0.1) is 0 Å². The molecule has 22 heavy (non-hydrogen) atoms. The Kier molecular flexibility index (Phi) is 3.74. The van der Waals surface area contributed by atoms with Crippen LogP contribution in [0.15, 0.2) is 59.4 Å². The number of benzene rings is 2. The zero-order chi connectivity index (χ0) is 15.5. The van der Waals surface area contributed by atoms with Crippen LogP contribution < -0.4 is 10.9 Å². The van der Waals surface area contributed by atoms with Crippen molar-refractivity contribution >= 4 is 22.4 Å². The minimum Gasteiger partial charge on any atom is -0.320 e. The molecule has 2 N–H and O–H groups in total. The van der Waals surface area contributed by atoms with Crippen molar-refractivity contribution in [3.8, 4) is 0 Å². The van der Waals surface area contributed by atoms with Gasteiger partial charge in [0.2, 0.25) is 0 Å². The topological polar surface area (TPSA) is 62.0 Å². The molecule has 1 heterocycles. The molecular weight excluding hydrogens is 276 g/mol. The second-order valence-corrected chi connectivity index (χ2v) is 5.06. The summed E-state index contributed by atoms with van der Waals surface area (Å²) in [6.07, 6.45) is 0.824. The normalized spacial score (nSPS) is 10.6. The van der Waals surface area contributed by atoms with E-state index < -0.39 is 0 Å². The van der Waals surface area contributed by atoms with Crippen molar-refractivity contribution in [2.75, 3.05) is 5.32 Å². The monoisotopic (exact) mass is 292 g/mol. The highest BCUT2D eigenvalue weighted by atomic mass is 16.2. The summed E-state index contributed by atoms with van der Waals surface area (Å²) in [5.41, 5.74) is 1.82. The van der Waals surface area contributed by atoms with E-state index in [9.17, 15) is 9.59 Å². The van der Waals surface area contributed by atoms with E-state index in [0.717, 1.165) is 23.1 Å². The molecule has 0 saturated heterocycles. The van der Waals surface area contributed by atoms with Crippen LogP contribution in [-0.4, -0.2) is 10.9 Å². The Labute approximate surface area is 127 Å². The SMILES string of the molecule is CCc1ccccc1NC(=O)c1cc2ccccc2c(=O)[nH]1. The second kappa shape index (κ2) is 5.85. The number of rotatable bonds is 3. The average molecular weight is 292 g/mol. The lowest BCUT2D eigenvalue weighted by molar-refractivity contribution is 0.102. The zero-order valence-corrected chi connectivity index (χ0v) is 12.2. The Bertz CT molecular complexity index is 897. The molecule has 0 atom stereocenters. The van der Waals surface area contributed by atoms with Crippen LogP contribution in [0.5, 0.6) is 0 Å². The molecule has 0 saturated carbocycles. The number of H-pyrrole nitrogens is 1. The standard InChI is InChI=1S/C18H16N2O2/c1-2-12-7-4-6-10-15(12)19-18(22)16-11-13-8-3-5-9-14(13)17(21)20-16/h3-11H,2H2,1H3,(H,19,22)(H,20,21). The fourth-order valence-corrected chi connectivity index (χ4v) is 2.47. The maximum absolute atomic E-state index is 12.4. The van der Waals surface area contributed by atoms with Crippen LogP contribution in [0.2, 0.25) is 0 Å². The predicted octanol–water partition coefficient (Wildman–Crippen LogP) is 3.34. The van der Waals surface area contributed by atoms with Gasteiger partial charge in [0.25, 0.3) is 11.5 Å². The smallest absolute Gasteiger partial charge is 0.272 e. The molecule has 110 valence electrons. The molecule has 4 heteroatoms. The molecule has 3 rings (SSSR count). The Morgan fingerprint density at radius 3 is 2.64 bits per heavy atom. The maximum Gasteiger partial charge on any atom is 0.272 e. The number of fused-ring (bicyclic) bond motifs is 1. The Balaban J connectivity index is 1.97. The molecule has 0 bridgehead atoms. The largest absolute Gasteiger partial charge is 0.320 e. The van der Waals surface area contributed by atoms with Gasteiger partial charge in [-0.25, -0.2) is 0 Å². The molecule has 0 aliphatic rings. The zero-order valence-electron chi connectivity index (χ0n) is 12.2. The fourth-order valence-electron chi connectivity index (χ4n) is 2.47. The Morgan fingerprint density at radius 2 is 1.82 bits per heavy atom. The number of nitrogens with one attached hydrogen (secondary N) is 2. The number of aromatic nitrogens is 1. The molecule has 0 fully saturated rings. The number of pyridine rings is 1. The number of aryl methyl sites for hydroxylation is 1. The molecule has 1 aromatic heterocycles. The molecule has 0 radical (unpaired) electrons. The summed E-state index contributed by atoms with van der Waals surface area (Å²) < 4.78 is 0. The molecule has 0 aliphatic carbocycles. The van der Waals surface area contributed by atoms with Crippen molar-refractivity contribution in [2.45, 2.75) is 13.3 Å². The van der Waals surface area contributed by atoms with Crippen molar-refractivity contribution in [3.63, 3.8) is 0 Å². The van der Waals surface area contributed by atoms with E-state index >= 15 is 0 Å². The van der Waals surface area contributed by atoms with Gasteiger partial charge < -0.3 is 10.3 Å². The van der Waals surface area contributed by atoms with Crippen molar-refractivity contribution in [3.05, 3.63) is 76.2 Å². The lowest BCUT2D eigenvalue weighted by atomic mass is 10.1. The van der Waals surface area contributed by atoms with E-state index in [1.165, 1.54) is 0 Å². The third-order valence-electron chi connectivity index (χ3n) is 3.64. The van der Waals surface area contributed by atoms with Crippen LogP contribution in [-0.2, 0) is 6.42 Å². The van der Waals surface area contributed by atoms with Gasteiger partial charge in [-0.1, -0.05) is 43.3 Å². The number of anilines is 1. The highest BCUT2D eigenvalue weighted by molar-refractivity contribution is 6.05. The molecule has 0 spiro atoms. The van der Waals surface area contributed by atoms with Crippen LogP contribution in [0.1, 0.15) is 23.0 Å². The van der Waals surface area contributed by atoms with Gasteiger partial charge in [-0.3, -0.25) is 9.59 Å². The maximum atomic E-state index is 12.4. The molecule has 0 unspecified atom stereocenters. The summed E-state index contributed by atoms with van der Waals surface area (Å²) in [5.74, 6) is -0.316. The van der Waals surface area contributed by atoms with E-state index in [2.05, 4.69) is 10.3 Å². The van der Waals surface area contributed by atoms with Crippen LogP contribution in [0.3, 0.4) is 0 Å². The van der Waals surface area contributed by atoms with Crippen molar-refractivity contribution < 1.29 is 4.79 Å². The van der Waals surface area contributed by atoms with E-state index in [-0.39, 0.29) is 17.2 Å². The quantitative estimate of drug-likeness (QED) is 0.777. The summed E-state index contributed by atoms with van der Waals surface area (Å²) in [4.78, 5) is 27.1. The van der Waals surface area contributed by atoms with Gasteiger partial charge >= 0.3 is 0 Å². The van der Waals surface area contributed by atoms with E-state index in [0.29, 0.717) is 5.39 Å².